The van der Waals surface area contributed by atoms with Crippen LogP contribution in [-0.2, 0) is 21.4 Å². The molecule has 0 aliphatic carbocycles. The molecule has 8 heteroatoms. The predicted octanol–water partition coefficient (Wildman–Crippen LogP) is 2.73. The first-order valence-electron chi connectivity index (χ1n) is 8.46. The van der Waals surface area contributed by atoms with E-state index in [4.69, 9.17) is 0 Å². The third-order valence-corrected chi connectivity index (χ3v) is 5.73. The van der Waals surface area contributed by atoms with Gasteiger partial charge in [-0.3, -0.25) is 14.1 Å². The molecule has 3 aromatic rings. The summed E-state index contributed by atoms with van der Waals surface area (Å²) in [6.45, 7) is -0.373. The summed E-state index contributed by atoms with van der Waals surface area (Å²) in [4.78, 5) is 16.4. The van der Waals surface area contributed by atoms with Crippen molar-refractivity contribution in [2.24, 2.45) is 0 Å². The van der Waals surface area contributed by atoms with Crippen LogP contribution in [0.2, 0.25) is 0 Å². The number of amides is 1. The number of para-hydroxylation sites is 1. The fourth-order valence-electron chi connectivity index (χ4n) is 2.56. The molecule has 3 rings (SSSR count). The van der Waals surface area contributed by atoms with E-state index in [9.17, 15) is 17.6 Å². The lowest BCUT2D eigenvalue weighted by atomic mass is 10.3. The minimum absolute atomic E-state index is 0.0293. The Hall–Kier alpha value is -3.26. The minimum atomic E-state index is -4.13. The smallest absolute Gasteiger partial charge is 0.264 e. The number of aromatic nitrogens is 1. The number of nitrogens with zero attached hydrogens (tertiary/aromatic N) is 2. The summed E-state index contributed by atoms with van der Waals surface area (Å²) in [7, 11) is -4.13. The summed E-state index contributed by atoms with van der Waals surface area (Å²) in [5.41, 5.74) is 0.571. The fourth-order valence-corrected chi connectivity index (χ4v) is 4.01. The zero-order chi connectivity index (χ0) is 20.0. The van der Waals surface area contributed by atoms with Crippen molar-refractivity contribution in [2.75, 3.05) is 10.8 Å². The Morgan fingerprint density at radius 3 is 2.39 bits per heavy atom. The van der Waals surface area contributed by atoms with Crippen LogP contribution in [0.5, 0.6) is 0 Å². The largest absolute Gasteiger partial charge is 0.350 e. The van der Waals surface area contributed by atoms with E-state index in [0.717, 1.165) is 15.9 Å². The summed E-state index contributed by atoms with van der Waals surface area (Å²) >= 11 is 0. The number of carbonyl (C=O) groups is 1. The molecule has 28 heavy (non-hydrogen) atoms. The normalized spacial score (nSPS) is 11.0. The highest BCUT2D eigenvalue weighted by Crippen LogP contribution is 2.25. The van der Waals surface area contributed by atoms with Gasteiger partial charge in [-0.15, -0.1) is 0 Å². The Labute approximate surface area is 162 Å². The lowest BCUT2D eigenvalue weighted by Gasteiger charge is -2.24. The molecule has 0 radical (unpaired) electrons. The molecule has 1 N–H and O–H groups in total. The van der Waals surface area contributed by atoms with Crippen LogP contribution >= 0.6 is 0 Å². The fraction of sp³-hybridized carbons (Fsp3) is 0.100. The zero-order valence-electron chi connectivity index (χ0n) is 14.8. The van der Waals surface area contributed by atoms with Crippen molar-refractivity contribution >= 4 is 21.6 Å². The molecule has 0 aliphatic rings. The maximum Gasteiger partial charge on any atom is 0.264 e. The van der Waals surface area contributed by atoms with Gasteiger partial charge in [0, 0.05) is 18.9 Å². The van der Waals surface area contributed by atoms with Gasteiger partial charge in [0.1, 0.15) is 12.4 Å². The second-order valence-electron chi connectivity index (χ2n) is 5.91. The molecule has 1 aromatic heterocycles. The summed E-state index contributed by atoms with van der Waals surface area (Å²) in [6, 6.07) is 16.6. The van der Waals surface area contributed by atoms with Gasteiger partial charge < -0.3 is 5.32 Å². The molecule has 6 nitrogen and oxygen atoms in total. The number of rotatable bonds is 7. The van der Waals surface area contributed by atoms with Crippen molar-refractivity contribution in [3.05, 3.63) is 90.5 Å². The number of pyridine rings is 1. The van der Waals surface area contributed by atoms with Crippen LogP contribution in [0.15, 0.2) is 84.0 Å². The van der Waals surface area contributed by atoms with E-state index in [-0.39, 0.29) is 17.1 Å². The van der Waals surface area contributed by atoms with Gasteiger partial charge in [0.25, 0.3) is 10.0 Å². The quantitative estimate of drug-likeness (QED) is 0.663. The molecule has 0 unspecified atom stereocenters. The molecule has 0 saturated carbocycles. The van der Waals surface area contributed by atoms with E-state index >= 15 is 0 Å². The topological polar surface area (TPSA) is 79.4 Å². The molecule has 0 atom stereocenters. The number of carbonyl (C=O) groups excluding carboxylic acids is 1. The standard InChI is InChI=1S/C20H18FN3O3S/c21-18-10-4-5-11-19(18)24(28(26,27)17-8-2-1-3-9-17)15-20(25)23-14-16-7-6-12-22-13-16/h1-13H,14-15H2,(H,23,25). The van der Waals surface area contributed by atoms with Crippen LogP contribution in [-0.4, -0.2) is 25.9 Å². The Bertz CT molecular complexity index is 1040. The first-order chi connectivity index (χ1) is 13.5. The van der Waals surface area contributed by atoms with E-state index in [1.165, 1.54) is 30.3 Å². The van der Waals surface area contributed by atoms with Crippen LogP contribution in [0.4, 0.5) is 10.1 Å². The van der Waals surface area contributed by atoms with E-state index < -0.39 is 28.3 Å². The first kappa shape index (κ1) is 19.5. The number of nitrogens with one attached hydrogen (secondary N) is 1. The summed E-state index contributed by atoms with van der Waals surface area (Å²) in [6.07, 6.45) is 3.20. The zero-order valence-corrected chi connectivity index (χ0v) is 15.6. The molecule has 0 aliphatic heterocycles. The number of hydrogen-bond donors (Lipinski definition) is 1. The van der Waals surface area contributed by atoms with Gasteiger partial charge in [-0.05, 0) is 35.9 Å². The van der Waals surface area contributed by atoms with Crippen molar-refractivity contribution in [3.8, 4) is 0 Å². The van der Waals surface area contributed by atoms with Gasteiger partial charge in [0.2, 0.25) is 5.91 Å². The van der Waals surface area contributed by atoms with Gasteiger partial charge >= 0.3 is 0 Å². The Morgan fingerprint density at radius 2 is 1.71 bits per heavy atom. The molecule has 0 bridgehead atoms. The van der Waals surface area contributed by atoms with Crippen LogP contribution in [0.3, 0.4) is 0 Å². The molecule has 144 valence electrons. The van der Waals surface area contributed by atoms with Crippen LogP contribution in [0.1, 0.15) is 5.56 Å². The van der Waals surface area contributed by atoms with Crippen molar-refractivity contribution in [3.63, 3.8) is 0 Å². The lowest BCUT2D eigenvalue weighted by molar-refractivity contribution is -0.119. The van der Waals surface area contributed by atoms with Gasteiger partial charge in [0.15, 0.2) is 0 Å². The third kappa shape index (κ3) is 4.52. The van der Waals surface area contributed by atoms with Gasteiger partial charge in [-0.25, -0.2) is 12.8 Å². The maximum absolute atomic E-state index is 14.3. The molecular weight excluding hydrogens is 381 g/mol. The second-order valence-corrected chi connectivity index (χ2v) is 7.78. The molecule has 0 fully saturated rings. The highest BCUT2D eigenvalue weighted by Gasteiger charge is 2.28. The van der Waals surface area contributed by atoms with Crippen molar-refractivity contribution in [1.82, 2.24) is 10.3 Å². The Balaban J connectivity index is 1.87. The van der Waals surface area contributed by atoms with Crippen LogP contribution in [0, 0.1) is 5.82 Å². The van der Waals surface area contributed by atoms with Crippen molar-refractivity contribution in [2.45, 2.75) is 11.4 Å². The second kappa shape index (κ2) is 8.62. The number of benzene rings is 2. The predicted molar refractivity (Wildman–Crippen MR) is 103 cm³/mol. The van der Waals surface area contributed by atoms with Crippen molar-refractivity contribution < 1.29 is 17.6 Å². The highest BCUT2D eigenvalue weighted by atomic mass is 32.2. The van der Waals surface area contributed by atoms with E-state index in [1.807, 2.05) is 0 Å². The number of halogens is 1. The summed E-state index contributed by atoms with van der Waals surface area (Å²) in [5, 5.41) is 2.63. The SMILES string of the molecule is O=C(CN(c1ccccc1F)S(=O)(=O)c1ccccc1)NCc1cccnc1. The molecule has 0 saturated heterocycles. The average Bonchev–Trinajstić information content (AvgIpc) is 2.72. The molecule has 1 amide bonds. The first-order valence-corrected chi connectivity index (χ1v) is 9.90. The van der Waals surface area contributed by atoms with Gasteiger partial charge in [-0.2, -0.15) is 0 Å². The Kier molecular flexibility index (Phi) is 6.00. The van der Waals surface area contributed by atoms with Crippen LogP contribution in [0.25, 0.3) is 0 Å². The molecule has 2 aromatic carbocycles. The van der Waals surface area contributed by atoms with Gasteiger partial charge in [0.05, 0.1) is 10.6 Å². The number of hydrogen-bond acceptors (Lipinski definition) is 4. The van der Waals surface area contributed by atoms with E-state index in [2.05, 4.69) is 10.3 Å². The summed E-state index contributed by atoms with van der Waals surface area (Å²) in [5.74, 6) is -1.30. The molecule has 1 heterocycles. The average molecular weight is 399 g/mol. The third-order valence-electron chi connectivity index (χ3n) is 3.95. The van der Waals surface area contributed by atoms with Crippen molar-refractivity contribution in [1.29, 1.82) is 0 Å². The Morgan fingerprint density at radius 1 is 1.00 bits per heavy atom. The highest BCUT2D eigenvalue weighted by molar-refractivity contribution is 7.92. The summed E-state index contributed by atoms with van der Waals surface area (Å²) < 4.78 is 41.2. The van der Waals surface area contributed by atoms with E-state index in [1.54, 1.807) is 42.7 Å². The number of anilines is 1. The maximum atomic E-state index is 14.3. The molecule has 0 spiro atoms. The number of sulfonamides is 1. The van der Waals surface area contributed by atoms with Crippen LogP contribution < -0.4 is 9.62 Å². The molecular formula is C20H18FN3O3S. The monoisotopic (exact) mass is 399 g/mol. The lowest BCUT2D eigenvalue weighted by Crippen LogP contribution is -2.41. The minimum Gasteiger partial charge on any atom is -0.350 e. The van der Waals surface area contributed by atoms with Gasteiger partial charge in [-0.1, -0.05) is 36.4 Å². The van der Waals surface area contributed by atoms with E-state index in [0.29, 0.717) is 0 Å².